The van der Waals surface area contributed by atoms with Gasteiger partial charge in [-0.2, -0.15) is 0 Å². The van der Waals surface area contributed by atoms with E-state index in [4.69, 9.17) is 5.73 Å². The first-order chi connectivity index (χ1) is 6.96. The molecule has 1 aliphatic heterocycles. The molecule has 1 aromatic carbocycles. The van der Waals surface area contributed by atoms with Gasteiger partial charge in [0.05, 0.1) is 18.0 Å². The van der Waals surface area contributed by atoms with Crippen LogP contribution in [0.15, 0.2) is 18.2 Å². The molecule has 0 unspecified atom stereocenters. The second-order valence-corrected chi connectivity index (χ2v) is 4.68. The van der Waals surface area contributed by atoms with Crippen LogP contribution in [-0.2, 0) is 0 Å². The number of anilines is 2. The van der Waals surface area contributed by atoms with Crippen molar-refractivity contribution < 1.29 is 4.39 Å². The lowest BCUT2D eigenvalue weighted by molar-refractivity contribution is 0.513. The molecule has 3 nitrogen and oxygen atoms in total. The number of halogens is 1. The van der Waals surface area contributed by atoms with E-state index in [-0.39, 0.29) is 11.4 Å². The van der Waals surface area contributed by atoms with Gasteiger partial charge in [0, 0.05) is 12.1 Å². The van der Waals surface area contributed by atoms with Gasteiger partial charge in [-0.1, -0.05) is 0 Å². The van der Waals surface area contributed by atoms with Crippen LogP contribution in [0, 0.1) is 5.82 Å². The second-order valence-electron chi connectivity index (χ2n) is 4.68. The highest BCUT2D eigenvalue weighted by molar-refractivity contribution is 5.74. The molecule has 2 rings (SSSR count). The number of nitrogens with one attached hydrogen (secondary N) is 1. The van der Waals surface area contributed by atoms with Crippen molar-refractivity contribution in [3.05, 3.63) is 24.0 Å². The van der Waals surface area contributed by atoms with E-state index in [1.54, 1.807) is 12.1 Å². The van der Waals surface area contributed by atoms with Gasteiger partial charge in [0.25, 0.3) is 0 Å². The van der Waals surface area contributed by atoms with E-state index in [0.717, 1.165) is 11.4 Å². The Balaban J connectivity index is 2.24. The lowest BCUT2D eigenvalue weighted by atomic mass is 10.1. The predicted octanol–water partition coefficient (Wildman–Crippen LogP) is 1.75. The topological polar surface area (TPSA) is 41.3 Å². The Morgan fingerprint density at radius 1 is 1.53 bits per heavy atom. The molecule has 0 saturated carbocycles. The van der Waals surface area contributed by atoms with E-state index >= 15 is 0 Å². The van der Waals surface area contributed by atoms with E-state index in [1.807, 2.05) is 13.8 Å². The van der Waals surface area contributed by atoms with Crippen molar-refractivity contribution in [2.24, 2.45) is 5.73 Å². The lowest BCUT2D eigenvalue weighted by Crippen LogP contribution is -2.45. The molecule has 82 valence electrons. The lowest BCUT2D eigenvalue weighted by Gasteiger charge is -2.27. The molecule has 0 bridgehead atoms. The van der Waals surface area contributed by atoms with Gasteiger partial charge < -0.3 is 16.0 Å². The molecule has 0 atom stereocenters. The summed E-state index contributed by atoms with van der Waals surface area (Å²) in [5.74, 6) is -0.211. The maximum atomic E-state index is 13.1. The van der Waals surface area contributed by atoms with Crippen LogP contribution in [-0.4, -0.2) is 18.8 Å². The Kier molecular flexibility index (Phi) is 2.31. The molecular formula is C11H16FN3. The third-order valence-electron chi connectivity index (χ3n) is 2.36. The molecule has 15 heavy (non-hydrogen) atoms. The summed E-state index contributed by atoms with van der Waals surface area (Å²) in [6, 6.07) is 4.76. The summed E-state index contributed by atoms with van der Waals surface area (Å²) in [5.41, 5.74) is 7.53. The number of fused-ring (bicyclic) bond motifs is 1. The summed E-state index contributed by atoms with van der Waals surface area (Å²) in [6.45, 7) is 5.32. The van der Waals surface area contributed by atoms with Crippen molar-refractivity contribution in [3.8, 4) is 0 Å². The summed E-state index contributed by atoms with van der Waals surface area (Å²) in [7, 11) is 0. The smallest absolute Gasteiger partial charge is 0.125 e. The standard InChI is InChI=1S/C11H16FN3/c1-11(2,13)6-15-7-14-9-4-3-8(12)5-10(9)15/h3-5,14H,6-7,13H2,1-2H3. The minimum absolute atomic E-state index is 0.211. The van der Waals surface area contributed by atoms with Crippen LogP contribution in [0.1, 0.15) is 13.8 Å². The molecule has 4 heteroatoms. The van der Waals surface area contributed by atoms with Crippen molar-refractivity contribution in [3.63, 3.8) is 0 Å². The third-order valence-corrected chi connectivity index (χ3v) is 2.36. The molecule has 0 radical (unpaired) electrons. The summed E-state index contributed by atoms with van der Waals surface area (Å²) < 4.78 is 13.1. The van der Waals surface area contributed by atoms with E-state index in [9.17, 15) is 4.39 Å². The number of nitrogens with two attached hydrogens (primary N) is 1. The Morgan fingerprint density at radius 3 is 2.93 bits per heavy atom. The molecule has 0 spiro atoms. The van der Waals surface area contributed by atoms with Crippen molar-refractivity contribution in [2.45, 2.75) is 19.4 Å². The minimum Gasteiger partial charge on any atom is -0.366 e. The first kappa shape index (κ1) is 10.2. The molecule has 1 aromatic rings. The van der Waals surface area contributed by atoms with Crippen LogP contribution < -0.4 is 16.0 Å². The van der Waals surface area contributed by atoms with E-state index in [0.29, 0.717) is 13.2 Å². The number of nitrogens with zero attached hydrogens (tertiary/aromatic N) is 1. The quantitative estimate of drug-likeness (QED) is 0.779. The zero-order valence-electron chi connectivity index (χ0n) is 9.05. The fourth-order valence-corrected chi connectivity index (χ4v) is 1.81. The molecule has 0 aliphatic carbocycles. The van der Waals surface area contributed by atoms with Crippen molar-refractivity contribution in [1.29, 1.82) is 0 Å². The monoisotopic (exact) mass is 209 g/mol. The average molecular weight is 209 g/mol. The second kappa shape index (κ2) is 3.38. The maximum absolute atomic E-state index is 13.1. The molecule has 0 aromatic heterocycles. The molecule has 1 heterocycles. The van der Waals surface area contributed by atoms with E-state index in [2.05, 4.69) is 10.2 Å². The SMILES string of the molecule is CC(C)(N)CN1CNc2ccc(F)cc21. The average Bonchev–Trinajstić information content (AvgIpc) is 2.46. The molecular weight excluding hydrogens is 193 g/mol. The van der Waals surface area contributed by atoms with Gasteiger partial charge in [-0.05, 0) is 32.0 Å². The van der Waals surface area contributed by atoms with Crippen LogP contribution in [0.4, 0.5) is 15.8 Å². The summed E-state index contributed by atoms with van der Waals surface area (Å²) in [6.07, 6.45) is 0. The van der Waals surface area contributed by atoms with Crippen molar-refractivity contribution in [1.82, 2.24) is 0 Å². The van der Waals surface area contributed by atoms with Crippen LogP contribution in [0.5, 0.6) is 0 Å². The largest absolute Gasteiger partial charge is 0.366 e. The van der Waals surface area contributed by atoms with Gasteiger partial charge in [-0.3, -0.25) is 0 Å². The fraction of sp³-hybridized carbons (Fsp3) is 0.455. The minimum atomic E-state index is -0.282. The van der Waals surface area contributed by atoms with Crippen LogP contribution in [0.2, 0.25) is 0 Å². The van der Waals surface area contributed by atoms with Crippen LogP contribution in [0.3, 0.4) is 0 Å². The highest BCUT2D eigenvalue weighted by atomic mass is 19.1. The highest BCUT2D eigenvalue weighted by Gasteiger charge is 2.23. The van der Waals surface area contributed by atoms with Crippen LogP contribution >= 0.6 is 0 Å². The number of rotatable bonds is 2. The summed E-state index contributed by atoms with van der Waals surface area (Å²) in [5, 5.41) is 3.20. The zero-order chi connectivity index (χ0) is 11.1. The Hall–Kier alpha value is -1.29. The van der Waals surface area contributed by atoms with Gasteiger partial charge in [0.15, 0.2) is 0 Å². The summed E-state index contributed by atoms with van der Waals surface area (Å²) in [4.78, 5) is 2.05. The Labute approximate surface area is 89.1 Å². The van der Waals surface area contributed by atoms with Gasteiger partial charge in [0.1, 0.15) is 5.82 Å². The Morgan fingerprint density at radius 2 is 2.27 bits per heavy atom. The fourth-order valence-electron chi connectivity index (χ4n) is 1.81. The molecule has 0 amide bonds. The summed E-state index contributed by atoms with van der Waals surface area (Å²) >= 11 is 0. The van der Waals surface area contributed by atoms with Crippen LogP contribution in [0.25, 0.3) is 0 Å². The third kappa shape index (κ3) is 2.21. The normalized spacial score (nSPS) is 15.1. The van der Waals surface area contributed by atoms with Crippen molar-refractivity contribution in [2.75, 3.05) is 23.4 Å². The predicted molar refractivity (Wildman–Crippen MR) is 60.5 cm³/mol. The van der Waals surface area contributed by atoms with Gasteiger partial charge in [-0.15, -0.1) is 0 Å². The van der Waals surface area contributed by atoms with Gasteiger partial charge in [-0.25, -0.2) is 4.39 Å². The van der Waals surface area contributed by atoms with Crippen molar-refractivity contribution >= 4 is 11.4 Å². The molecule has 1 aliphatic rings. The van der Waals surface area contributed by atoms with Gasteiger partial charge in [0.2, 0.25) is 0 Å². The van der Waals surface area contributed by atoms with E-state index in [1.165, 1.54) is 6.07 Å². The Bertz CT molecular complexity index is 371. The van der Waals surface area contributed by atoms with Gasteiger partial charge >= 0.3 is 0 Å². The maximum Gasteiger partial charge on any atom is 0.125 e. The highest BCUT2D eigenvalue weighted by Crippen LogP contribution is 2.32. The molecule has 0 saturated heterocycles. The zero-order valence-corrected chi connectivity index (χ0v) is 9.05. The number of hydrogen-bond donors (Lipinski definition) is 2. The molecule has 3 N–H and O–H groups in total. The first-order valence-electron chi connectivity index (χ1n) is 5.03. The molecule has 0 fully saturated rings. The van der Waals surface area contributed by atoms with E-state index < -0.39 is 0 Å². The first-order valence-corrected chi connectivity index (χ1v) is 5.03. The number of benzene rings is 1. The number of hydrogen-bond acceptors (Lipinski definition) is 3.